The zero-order valence-corrected chi connectivity index (χ0v) is 13.5. The average molecular weight is 302 g/mol. The zero-order chi connectivity index (χ0) is 16.3. The second kappa shape index (κ2) is 6.30. The number of ether oxygens (including phenoxy) is 1. The van der Waals surface area contributed by atoms with Crippen molar-refractivity contribution in [2.24, 2.45) is 10.9 Å². The second-order valence-corrected chi connectivity index (χ2v) is 5.90. The van der Waals surface area contributed by atoms with Crippen molar-refractivity contribution in [2.75, 3.05) is 6.61 Å². The van der Waals surface area contributed by atoms with Gasteiger partial charge in [0.2, 0.25) is 0 Å². The van der Waals surface area contributed by atoms with Gasteiger partial charge in [-0.2, -0.15) is 0 Å². The quantitative estimate of drug-likeness (QED) is 0.850. The first-order valence-electron chi connectivity index (χ1n) is 7.58. The molecule has 1 amide bonds. The molecule has 5 nitrogen and oxygen atoms in total. The molecule has 0 radical (unpaired) electrons. The highest BCUT2D eigenvalue weighted by Gasteiger charge is 2.42. The maximum absolute atomic E-state index is 12.2. The summed E-state index contributed by atoms with van der Waals surface area (Å²) >= 11 is 0. The fraction of sp³-hybridized carbons (Fsp3) is 0.471. The molecule has 1 aliphatic heterocycles. The standard InChI is InChI=1S/C17H22N2O3/c1-5-10-22-15(20)13-9-7-6-8-12(13)14-18-16(21)17(4,19-14)11(2)3/h6-9,11H,5,10H2,1-4H3,(H,18,19,21). The van der Waals surface area contributed by atoms with Crippen LogP contribution in [0.3, 0.4) is 0 Å². The van der Waals surface area contributed by atoms with Gasteiger partial charge in [0.1, 0.15) is 11.4 Å². The summed E-state index contributed by atoms with van der Waals surface area (Å²) in [5, 5.41) is 2.80. The van der Waals surface area contributed by atoms with Crippen LogP contribution in [0.2, 0.25) is 0 Å². The number of amidine groups is 1. The van der Waals surface area contributed by atoms with E-state index in [1.54, 1.807) is 25.1 Å². The van der Waals surface area contributed by atoms with E-state index in [-0.39, 0.29) is 11.8 Å². The molecule has 1 aromatic carbocycles. The monoisotopic (exact) mass is 302 g/mol. The van der Waals surface area contributed by atoms with Crippen LogP contribution in [0.15, 0.2) is 29.3 Å². The van der Waals surface area contributed by atoms with Crippen molar-refractivity contribution >= 4 is 17.7 Å². The van der Waals surface area contributed by atoms with Gasteiger partial charge in [0, 0.05) is 5.56 Å². The summed E-state index contributed by atoms with van der Waals surface area (Å²) in [6, 6.07) is 7.04. The number of carbonyl (C=O) groups is 2. The normalized spacial score (nSPS) is 20.8. The summed E-state index contributed by atoms with van der Waals surface area (Å²) in [5.74, 6) is -0.0452. The third-order valence-corrected chi connectivity index (χ3v) is 4.00. The molecular weight excluding hydrogens is 280 g/mol. The van der Waals surface area contributed by atoms with E-state index in [1.165, 1.54) is 0 Å². The van der Waals surface area contributed by atoms with E-state index in [9.17, 15) is 9.59 Å². The van der Waals surface area contributed by atoms with E-state index in [2.05, 4.69) is 10.3 Å². The Morgan fingerprint density at radius 2 is 2.05 bits per heavy atom. The van der Waals surface area contributed by atoms with Crippen molar-refractivity contribution in [1.29, 1.82) is 0 Å². The maximum Gasteiger partial charge on any atom is 0.338 e. The number of amides is 1. The molecule has 1 atom stereocenters. The molecule has 0 saturated carbocycles. The smallest absolute Gasteiger partial charge is 0.338 e. The molecule has 22 heavy (non-hydrogen) atoms. The predicted molar refractivity (Wildman–Crippen MR) is 84.9 cm³/mol. The first-order chi connectivity index (χ1) is 10.4. The van der Waals surface area contributed by atoms with Gasteiger partial charge >= 0.3 is 5.97 Å². The molecule has 1 aromatic rings. The van der Waals surface area contributed by atoms with Gasteiger partial charge in [0.25, 0.3) is 5.91 Å². The van der Waals surface area contributed by atoms with Gasteiger partial charge in [0.05, 0.1) is 12.2 Å². The third-order valence-electron chi connectivity index (χ3n) is 4.00. The summed E-state index contributed by atoms with van der Waals surface area (Å²) in [6.07, 6.45) is 0.761. The molecule has 0 fully saturated rings. The van der Waals surface area contributed by atoms with Gasteiger partial charge in [-0.3, -0.25) is 9.79 Å². The summed E-state index contributed by atoms with van der Waals surface area (Å²) in [5.41, 5.74) is 0.208. The van der Waals surface area contributed by atoms with Crippen LogP contribution in [0.1, 0.15) is 50.0 Å². The molecule has 0 aromatic heterocycles. The maximum atomic E-state index is 12.2. The van der Waals surface area contributed by atoms with Crippen LogP contribution in [0.25, 0.3) is 0 Å². The highest BCUT2D eigenvalue weighted by Crippen LogP contribution is 2.27. The van der Waals surface area contributed by atoms with Gasteiger partial charge in [-0.1, -0.05) is 39.0 Å². The molecule has 118 valence electrons. The minimum atomic E-state index is -0.810. The highest BCUT2D eigenvalue weighted by molar-refractivity contribution is 6.18. The minimum absolute atomic E-state index is 0.0594. The van der Waals surface area contributed by atoms with Crippen LogP contribution < -0.4 is 5.32 Å². The van der Waals surface area contributed by atoms with Gasteiger partial charge in [0.15, 0.2) is 0 Å². The lowest BCUT2D eigenvalue weighted by Crippen LogP contribution is -2.41. The number of benzene rings is 1. The minimum Gasteiger partial charge on any atom is -0.462 e. The lowest BCUT2D eigenvalue weighted by molar-refractivity contribution is -0.124. The molecule has 0 spiro atoms. The van der Waals surface area contributed by atoms with Gasteiger partial charge in [-0.05, 0) is 25.3 Å². The van der Waals surface area contributed by atoms with Gasteiger partial charge in [-0.15, -0.1) is 0 Å². The average Bonchev–Trinajstić information content (AvgIpc) is 2.81. The van der Waals surface area contributed by atoms with Crippen LogP contribution in [0.5, 0.6) is 0 Å². The van der Waals surface area contributed by atoms with E-state index >= 15 is 0 Å². The zero-order valence-electron chi connectivity index (χ0n) is 13.5. The molecular formula is C17H22N2O3. The molecule has 5 heteroatoms. The van der Waals surface area contributed by atoms with Crippen molar-refractivity contribution < 1.29 is 14.3 Å². The van der Waals surface area contributed by atoms with Crippen molar-refractivity contribution in [3.8, 4) is 0 Å². The molecule has 1 unspecified atom stereocenters. The Morgan fingerprint density at radius 3 is 2.64 bits per heavy atom. The first-order valence-corrected chi connectivity index (χ1v) is 7.58. The van der Waals surface area contributed by atoms with Crippen LogP contribution in [-0.2, 0) is 9.53 Å². The number of esters is 1. The van der Waals surface area contributed by atoms with E-state index in [1.807, 2.05) is 26.8 Å². The number of carbonyl (C=O) groups excluding carboxylic acids is 2. The predicted octanol–water partition coefficient (Wildman–Crippen LogP) is 2.54. The third kappa shape index (κ3) is 2.89. The molecule has 0 aliphatic carbocycles. The number of hydrogen-bond donors (Lipinski definition) is 1. The fourth-order valence-corrected chi connectivity index (χ4v) is 2.20. The highest BCUT2D eigenvalue weighted by atomic mass is 16.5. The van der Waals surface area contributed by atoms with Crippen molar-refractivity contribution in [3.63, 3.8) is 0 Å². The Hall–Kier alpha value is -2.17. The van der Waals surface area contributed by atoms with E-state index < -0.39 is 11.5 Å². The summed E-state index contributed by atoms with van der Waals surface area (Å²) in [7, 11) is 0. The fourth-order valence-electron chi connectivity index (χ4n) is 2.20. The molecule has 1 heterocycles. The van der Waals surface area contributed by atoms with Crippen LogP contribution >= 0.6 is 0 Å². The molecule has 1 aliphatic rings. The Labute approximate surface area is 130 Å². The number of nitrogens with zero attached hydrogens (tertiary/aromatic N) is 1. The van der Waals surface area contributed by atoms with Crippen molar-refractivity contribution in [3.05, 3.63) is 35.4 Å². The molecule has 2 rings (SSSR count). The lowest BCUT2D eigenvalue weighted by Gasteiger charge is -2.21. The van der Waals surface area contributed by atoms with Gasteiger partial charge in [-0.25, -0.2) is 4.79 Å². The Bertz CT molecular complexity index is 622. The topological polar surface area (TPSA) is 67.8 Å². The Morgan fingerprint density at radius 1 is 1.36 bits per heavy atom. The molecule has 0 bridgehead atoms. The Kier molecular flexibility index (Phi) is 4.64. The Balaban J connectivity index is 2.38. The van der Waals surface area contributed by atoms with Crippen LogP contribution in [0.4, 0.5) is 0 Å². The molecule has 0 saturated heterocycles. The summed E-state index contributed by atoms with van der Waals surface area (Å²) < 4.78 is 5.20. The summed E-state index contributed by atoms with van der Waals surface area (Å²) in [4.78, 5) is 28.9. The number of nitrogens with one attached hydrogen (secondary N) is 1. The van der Waals surface area contributed by atoms with E-state index in [0.717, 1.165) is 6.42 Å². The number of hydrogen-bond acceptors (Lipinski definition) is 4. The number of aliphatic imine (C=N–C) groups is 1. The largest absolute Gasteiger partial charge is 0.462 e. The first kappa shape index (κ1) is 16.2. The van der Waals surface area contributed by atoms with Crippen molar-refractivity contribution in [1.82, 2.24) is 5.32 Å². The van der Waals surface area contributed by atoms with Gasteiger partial charge < -0.3 is 10.1 Å². The molecule has 1 N–H and O–H groups in total. The SMILES string of the molecule is CCCOC(=O)c1ccccc1C1=NC(C)(C(C)C)C(=O)N1. The van der Waals surface area contributed by atoms with E-state index in [4.69, 9.17) is 4.74 Å². The number of rotatable bonds is 5. The van der Waals surface area contributed by atoms with Crippen LogP contribution in [0, 0.1) is 5.92 Å². The summed E-state index contributed by atoms with van der Waals surface area (Å²) in [6.45, 7) is 8.02. The van der Waals surface area contributed by atoms with E-state index in [0.29, 0.717) is 23.6 Å². The lowest BCUT2D eigenvalue weighted by atomic mass is 9.89. The van der Waals surface area contributed by atoms with Crippen molar-refractivity contribution in [2.45, 2.75) is 39.7 Å². The second-order valence-electron chi connectivity index (χ2n) is 5.90. The van der Waals surface area contributed by atoms with Crippen LogP contribution in [-0.4, -0.2) is 29.9 Å².